The molecular weight excluding hydrogens is 356 g/mol. The van der Waals surface area contributed by atoms with Crippen LogP contribution in [0.2, 0.25) is 5.02 Å². The predicted molar refractivity (Wildman–Crippen MR) is 90.4 cm³/mol. The Bertz CT molecular complexity index is 914. The summed E-state index contributed by atoms with van der Waals surface area (Å²) in [6.07, 6.45) is 1.02. The minimum Gasteiger partial charge on any atom is -0.454 e. The maximum absolute atomic E-state index is 12.4. The molecule has 0 unspecified atom stereocenters. The Morgan fingerprint density at radius 2 is 1.79 bits per heavy atom. The van der Waals surface area contributed by atoms with Crippen LogP contribution in [0.25, 0.3) is 0 Å². The number of fused-ring (bicyclic) bond motifs is 1. The van der Waals surface area contributed by atoms with Crippen molar-refractivity contribution in [2.75, 3.05) is 23.1 Å². The van der Waals surface area contributed by atoms with Crippen molar-refractivity contribution in [3.63, 3.8) is 0 Å². The van der Waals surface area contributed by atoms with Crippen molar-refractivity contribution in [1.82, 2.24) is 0 Å². The Morgan fingerprint density at radius 1 is 1.08 bits per heavy atom. The molecule has 2 aromatic rings. The van der Waals surface area contributed by atoms with Crippen LogP contribution < -0.4 is 19.5 Å². The molecule has 1 aliphatic heterocycles. The van der Waals surface area contributed by atoms with Crippen LogP contribution in [-0.2, 0) is 10.0 Å². The second kappa shape index (κ2) is 6.21. The Labute approximate surface area is 143 Å². The van der Waals surface area contributed by atoms with Crippen molar-refractivity contribution < 1.29 is 22.7 Å². The van der Waals surface area contributed by atoms with Gasteiger partial charge in [0.25, 0.3) is 5.91 Å². The van der Waals surface area contributed by atoms with Gasteiger partial charge in [-0.15, -0.1) is 0 Å². The standard InChI is InChI=1S/C15H13ClN2O5S/c1-24(20,21)18-10-2-4-12(16)11(6-10)15(19)17-9-3-5-13-14(7-9)23-8-22-13/h2-7,18H,8H2,1H3,(H,17,19). The lowest BCUT2D eigenvalue weighted by molar-refractivity contribution is 0.102. The van der Waals surface area contributed by atoms with E-state index in [-0.39, 0.29) is 23.1 Å². The number of carbonyl (C=O) groups excluding carboxylic acids is 1. The third-order valence-electron chi connectivity index (χ3n) is 3.14. The van der Waals surface area contributed by atoms with Crippen molar-refractivity contribution in [2.24, 2.45) is 0 Å². The van der Waals surface area contributed by atoms with E-state index in [9.17, 15) is 13.2 Å². The number of ether oxygens (including phenoxy) is 2. The molecule has 0 saturated carbocycles. The number of amides is 1. The van der Waals surface area contributed by atoms with Gasteiger partial charge in [0.15, 0.2) is 11.5 Å². The van der Waals surface area contributed by atoms with Gasteiger partial charge in [-0.2, -0.15) is 0 Å². The number of sulfonamides is 1. The van der Waals surface area contributed by atoms with Gasteiger partial charge in [0.2, 0.25) is 16.8 Å². The molecule has 24 heavy (non-hydrogen) atoms. The molecule has 0 atom stereocenters. The van der Waals surface area contributed by atoms with Crippen molar-refractivity contribution in [2.45, 2.75) is 0 Å². The van der Waals surface area contributed by atoms with E-state index in [1.807, 2.05) is 0 Å². The van der Waals surface area contributed by atoms with E-state index in [2.05, 4.69) is 10.0 Å². The number of benzene rings is 2. The maximum Gasteiger partial charge on any atom is 0.257 e. The summed E-state index contributed by atoms with van der Waals surface area (Å²) >= 11 is 6.04. The highest BCUT2D eigenvalue weighted by Crippen LogP contribution is 2.34. The molecule has 0 fully saturated rings. The first kappa shape index (κ1) is 16.4. The zero-order chi connectivity index (χ0) is 17.3. The third kappa shape index (κ3) is 3.72. The van der Waals surface area contributed by atoms with Gasteiger partial charge in [-0.1, -0.05) is 11.6 Å². The first-order valence-electron chi connectivity index (χ1n) is 6.80. The van der Waals surface area contributed by atoms with Crippen LogP contribution in [-0.4, -0.2) is 27.4 Å². The second-order valence-corrected chi connectivity index (χ2v) is 7.25. The molecule has 1 amide bonds. The highest BCUT2D eigenvalue weighted by atomic mass is 35.5. The molecule has 7 nitrogen and oxygen atoms in total. The van der Waals surface area contributed by atoms with Crippen LogP contribution in [0.15, 0.2) is 36.4 Å². The highest BCUT2D eigenvalue weighted by molar-refractivity contribution is 7.92. The van der Waals surface area contributed by atoms with Gasteiger partial charge in [0.1, 0.15) is 0 Å². The van der Waals surface area contributed by atoms with Gasteiger partial charge in [-0.3, -0.25) is 9.52 Å². The third-order valence-corrected chi connectivity index (χ3v) is 4.08. The van der Waals surface area contributed by atoms with Crippen LogP contribution >= 0.6 is 11.6 Å². The molecule has 2 N–H and O–H groups in total. The Hall–Kier alpha value is -2.45. The van der Waals surface area contributed by atoms with E-state index in [0.717, 1.165) is 6.26 Å². The number of carbonyl (C=O) groups is 1. The summed E-state index contributed by atoms with van der Waals surface area (Å²) in [5.41, 5.74) is 0.891. The number of nitrogens with one attached hydrogen (secondary N) is 2. The molecule has 0 aliphatic carbocycles. The van der Waals surface area contributed by atoms with Crippen LogP contribution in [0, 0.1) is 0 Å². The lowest BCUT2D eigenvalue weighted by atomic mass is 10.2. The van der Waals surface area contributed by atoms with Crippen molar-refractivity contribution in [1.29, 1.82) is 0 Å². The molecule has 0 bridgehead atoms. The fourth-order valence-electron chi connectivity index (χ4n) is 2.15. The van der Waals surface area contributed by atoms with E-state index in [1.165, 1.54) is 18.2 Å². The van der Waals surface area contributed by atoms with Crippen LogP contribution in [0.1, 0.15) is 10.4 Å². The van der Waals surface area contributed by atoms with E-state index in [1.54, 1.807) is 18.2 Å². The average Bonchev–Trinajstić information content (AvgIpc) is 2.95. The topological polar surface area (TPSA) is 93.7 Å². The van der Waals surface area contributed by atoms with Gasteiger partial charge in [0, 0.05) is 17.4 Å². The SMILES string of the molecule is CS(=O)(=O)Nc1ccc(Cl)c(C(=O)Nc2ccc3c(c2)OCO3)c1. The summed E-state index contributed by atoms with van der Waals surface area (Å²) in [6, 6.07) is 9.27. The predicted octanol–water partition coefficient (Wildman–Crippen LogP) is 2.69. The van der Waals surface area contributed by atoms with Crippen molar-refractivity contribution in [3.05, 3.63) is 47.0 Å². The molecule has 0 spiro atoms. The van der Waals surface area contributed by atoms with Crippen LogP contribution in [0.4, 0.5) is 11.4 Å². The summed E-state index contributed by atoms with van der Waals surface area (Å²) in [5, 5.41) is 2.88. The van der Waals surface area contributed by atoms with E-state index >= 15 is 0 Å². The zero-order valence-electron chi connectivity index (χ0n) is 12.5. The second-order valence-electron chi connectivity index (χ2n) is 5.09. The molecule has 9 heteroatoms. The van der Waals surface area contributed by atoms with Gasteiger partial charge >= 0.3 is 0 Å². The zero-order valence-corrected chi connectivity index (χ0v) is 14.1. The summed E-state index contributed by atoms with van der Waals surface area (Å²) < 4.78 is 35.3. The molecule has 0 radical (unpaired) electrons. The first-order chi connectivity index (χ1) is 11.3. The Balaban J connectivity index is 1.83. The molecule has 1 aliphatic rings. The van der Waals surface area contributed by atoms with Crippen molar-refractivity contribution in [3.8, 4) is 11.5 Å². The molecule has 126 valence electrons. The monoisotopic (exact) mass is 368 g/mol. The summed E-state index contributed by atoms with van der Waals surface area (Å²) in [5.74, 6) is 0.660. The van der Waals surface area contributed by atoms with E-state index in [0.29, 0.717) is 17.2 Å². The molecule has 3 rings (SSSR count). The van der Waals surface area contributed by atoms with Gasteiger partial charge < -0.3 is 14.8 Å². The number of halogens is 1. The quantitative estimate of drug-likeness (QED) is 0.865. The number of anilines is 2. The van der Waals surface area contributed by atoms with Gasteiger partial charge in [-0.05, 0) is 30.3 Å². The van der Waals surface area contributed by atoms with Crippen molar-refractivity contribution >= 4 is 38.9 Å². The van der Waals surface area contributed by atoms with Gasteiger partial charge in [0.05, 0.1) is 16.8 Å². The number of hydrogen-bond acceptors (Lipinski definition) is 5. The van der Waals surface area contributed by atoms with Crippen LogP contribution in [0.5, 0.6) is 11.5 Å². The molecule has 0 saturated heterocycles. The Morgan fingerprint density at radius 3 is 2.54 bits per heavy atom. The fraction of sp³-hybridized carbons (Fsp3) is 0.133. The largest absolute Gasteiger partial charge is 0.454 e. The summed E-state index contributed by atoms with van der Waals surface area (Å²) in [4.78, 5) is 12.4. The van der Waals surface area contributed by atoms with Crippen LogP contribution in [0.3, 0.4) is 0 Å². The molecule has 0 aromatic heterocycles. The molecular formula is C15H13ClN2O5S. The minimum absolute atomic E-state index is 0.137. The lowest BCUT2D eigenvalue weighted by Crippen LogP contribution is -2.14. The van der Waals surface area contributed by atoms with E-state index in [4.69, 9.17) is 21.1 Å². The van der Waals surface area contributed by atoms with Gasteiger partial charge in [-0.25, -0.2) is 8.42 Å². The fourth-order valence-corrected chi connectivity index (χ4v) is 2.91. The lowest BCUT2D eigenvalue weighted by Gasteiger charge is -2.10. The average molecular weight is 369 g/mol. The smallest absolute Gasteiger partial charge is 0.257 e. The Kier molecular flexibility index (Phi) is 4.25. The number of hydrogen-bond donors (Lipinski definition) is 2. The normalized spacial score (nSPS) is 12.8. The summed E-state index contributed by atoms with van der Waals surface area (Å²) in [7, 11) is -3.45. The molecule has 2 aromatic carbocycles. The number of rotatable bonds is 4. The van der Waals surface area contributed by atoms with E-state index < -0.39 is 15.9 Å². The first-order valence-corrected chi connectivity index (χ1v) is 9.07. The molecule has 1 heterocycles. The summed E-state index contributed by atoms with van der Waals surface area (Å²) in [6.45, 7) is 0.137. The minimum atomic E-state index is -3.45. The maximum atomic E-state index is 12.4. The highest BCUT2D eigenvalue weighted by Gasteiger charge is 2.16.